The Morgan fingerprint density at radius 2 is 2.07 bits per heavy atom. The van der Waals surface area contributed by atoms with Gasteiger partial charge in [0.2, 0.25) is 0 Å². The van der Waals surface area contributed by atoms with Crippen LogP contribution in [0.5, 0.6) is 16.7 Å². The van der Waals surface area contributed by atoms with E-state index in [2.05, 4.69) is 22.4 Å². The summed E-state index contributed by atoms with van der Waals surface area (Å²) in [5, 5.41) is 3.31. The first-order valence-electron chi connectivity index (χ1n) is 9.37. The first-order chi connectivity index (χ1) is 13.6. The van der Waals surface area contributed by atoms with E-state index in [0.29, 0.717) is 15.8 Å². The van der Waals surface area contributed by atoms with Crippen molar-refractivity contribution in [3.8, 4) is 16.7 Å². The standard InChI is InChI=1S/C22H22N2O3S/c1-14(2)24-21(25)20-13-23-22(28-20)26-17-9-11-19-16(12-17)8-10-18(27-19)15-6-4-3-5-7-15/h3-7,9,11-14,18H,8,10H2,1-2H3,(H,24,25). The maximum atomic E-state index is 12.0. The minimum Gasteiger partial charge on any atom is -0.485 e. The van der Waals surface area contributed by atoms with Gasteiger partial charge in [0.1, 0.15) is 22.5 Å². The molecule has 4 rings (SSSR count). The van der Waals surface area contributed by atoms with Crippen molar-refractivity contribution >= 4 is 17.2 Å². The molecule has 1 aromatic heterocycles. The van der Waals surface area contributed by atoms with Crippen molar-refractivity contribution in [3.05, 3.63) is 70.7 Å². The van der Waals surface area contributed by atoms with E-state index in [4.69, 9.17) is 9.47 Å². The Labute approximate surface area is 168 Å². The Hall–Kier alpha value is -2.86. The number of hydrogen-bond donors (Lipinski definition) is 1. The van der Waals surface area contributed by atoms with Crippen LogP contribution in [0, 0.1) is 0 Å². The summed E-state index contributed by atoms with van der Waals surface area (Å²) in [6.45, 7) is 3.85. The number of fused-ring (bicyclic) bond motifs is 1. The molecule has 0 aliphatic carbocycles. The molecule has 6 heteroatoms. The average molecular weight is 394 g/mol. The molecule has 0 fully saturated rings. The Kier molecular flexibility index (Phi) is 5.30. The van der Waals surface area contributed by atoms with E-state index in [1.807, 2.05) is 50.2 Å². The Morgan fingerprint density at radius 1 is 1.25 bits per heavy atom. The van der Waals surface area contributed by atoms with Gasteiger partial charge in [-0.05, 0) is 56.0 Å². The minimum absolute atomic E-state index is 0.0827. The van der Waals surface area contributed by atoms with Gasteiger partial charge in [-0.25, -0.2) is 4.98 Å². The smallest absolute Gasteiger partial charge is 0.279 e. The second kappa shape index (κ2) is 8.02. The number of nitrogens with zero attached hydrogens (tertiary/aromatic N) is 1. The van der Waals surface area contributed by atoms with Crippen molar-refractivity contribution < 1.29 is 14.3 Å². The molecule has 0 bridgehead atoms. The number of carbonyl (C=O) groups excluding carboxylic acids is 1. The third-order valence-electron chi connectivity index (χ3n) is 4.48. The van der Waals surface area contributed by atoms with Crippen LogP contribution in [0.4, 0.5) is 0 Å². The van der Waals surface area contributed by atoms with Crippen LogP contribution in [0.15, 0.2) is 54.7 Å². The lowest BCUT2D eigenvalue weighted by atomic mass is 9.97. The molecule has 0 spiro atoms. The van der Waals surface area contributed by atoms with Crippen molar-refractivity contribution in [2.24, 2.45) is 0 Å². The average Bonchev–Trinajstić information content (AvgIpc) is 3.16. The Balaban J connectivity index is 1.44. The predicted octanol–water partition coefficient (Wildman–Crippen LogP) is 5.14. The lowest BCUT2D eigenvalue weighted by Crippen LogP contribution is -2.29. The topological polar surface area (TPSA) is 60.5 Å². The number of ether oxygens (including phenoxy) is 2. The number of hydrogen-bond acceptors (Lipinski definition) is 5. The highest BCUT2D eigenvalue weighted by Gasteiger charge is 2.22. The van der Waals surface area contributed by atoms with Crippen LogP contribution in [-0.2, 0) is 6.42 Å². The summed E-state index contributed by atoms with van der Waals surface area (Å²) < 4.78 is 12.0. The third-order valence-corrected chi connectivity index (χ3v) is 5.36. The van der Waals surface area contributed by atoms with Gasteiger partial charge in [0, 0.05) is 6.04 Å². The van der Waals surface area contributed by atoms with Crippen molar-refractivity contribution in [1.82, 2.24) is 10.3 Å². The van der Waals surface area contributed by atoms with Crippen molar-refractivity contribution in [1.29, 1.82) is 0 Å². The first kappa shape index (κ1) is 18.5. The highest BCUT2D eigenvalue weighted by atomic mass is 32.1. The van der Waals surface area contributed by atoms with Crippen LogP contribution >= 0.6 is 11.3 Å². The van der Waals surface area contributed by atoms with Gasteiger partial charge in [-0.3, -0.25) is 4.79 Å². The van der Waals surface area contributed by atoms with E-state index in [1.165, 1.54) is 16.9 Å². The van der Waals surface area contributed by atoms with Crippen molar-refractivity contribution in [2.75, 3.05) is 0 Å². The van der Waals surface area contributed by atoms with E-state index in [1.54, 1.807) is 6.20 Å². The van der Waals surface area contributed by atoms with Gasteiger partial charge in [-0.1, -0.05) is 41.7 Å². The van der Waals surface area contributed by atoms with Gasteiger partial charge < -0.3 is 14.8 Å². The summed E-state index contributed by atoms with van der Waals surface area (Å²) in [7, 11) is 0. The molecule has 1 aliphatic rings. The molecule has 1 unspecified atom stereocenters. The second-order valence-electron chi connectivity index (χ2n) is 7.05. The van der Waals surface area contributed by atoms with Crippen LogP contribution in [0.2, 0.25) is 0 Å². The highest BCUT2D eigenvalue weighted by Crippen LogP contribution is 2.37. The molecule has 0 saturated heterocycles. The molecule has 1 atom stereocenters. The fourth-order valence-electron chi connectivity index (χ4n) is 3.18. The highest BCUT2D eigenvalue weighted by molar-refractivity contribution is 7.15. The zero-order chi connectivity index (χ0) is 19.5. The predicted molar refractivity (Wildman–Crippen MR) is 109 cm³/mol. The number of thiazole rings is 1. The van der Waals surface area contributed by atoms with Gasteiger partial charge in [-0.15, -0.1) is 0 Å². The molecule has 28 heavy (non-hydrogen) atoms. The number of aryl methyl sites for hydroxylation is 1. The molecule has 0 saturated carbocycles. The fourth-order valence-corrected chi connectivity index (χ4v) is 3.86. The largest absolute Gasteiger partial charge is 0.485 e. The normalized spacial score (nSPS) is 15.6. The summed E-state index contributed by atoms with van der Waals surface area (Å²) in [6.07, 6.45) is 3.48. The molecule has 5 nitrogen and oxygen atoms in total. The van der Waals surface area contributed by atoms with Crippen LogP contribution < -0.4 is 14.8 Å². The van der Waals surface area contributed by atoms with Crippen LogP contribution in [-0.4, -0.2) is 16.9 Å². The van der Waals surface area contributed by atoms with E-state index < -0.39 is 0 Å². The zero-order valence-corrected chi connectivity index (χ0v) is 16.7. The molecule has 1 N–H and O–H groups in total. The number of amides is 1. The molecule has 1 aliphatic heterocycles. The molecule has 1 amide bonds. The maximum Gasteiger partial charge on any atom is 0.279 e. The van der Waals surface area contributed by atoms with Gasteiger partial charge in [0.25, 0.3) is 11.1 Å². The Bertz CT molecular complexity index is 969. The number of rotatable bonds is 5. The molecule has 2 aromatic carbocycles. The summed E-state index contributed by atoms with van der Waals surface area (Å²) in [5.74, 6) is 1.46. The maximum absolute atomic E-state index is 12.0. The number of nitrogens with one attached hydrogen (secondary N) is 1. The van der Waals surface area contributed by atoms with Gasteiger partial charge in [0.15, 0.2) is 0 Å². The second-order valence-corrected chi connectivity index (χ2v) is 8.04. The van der Waals surface area contributed by atoms with E-state index >= 15 is 0 Å². The fraction of sp³-hybridized carbons (Fsp3) is 0.273. The van der Waals surface area contributed by atoms with Crippen LogP contribution in [0.3, 0.4) is 0 Å². The number of benzene rings is 2. The van der Waals surface area contributed by atoms with Gasteiger partial charge in [0.05, 0.1) is 6.20 Å². The van der Waals surface area contributed by atoms with Crippen molar-refractivity contribution in [2.45, 2.75) is 38.8 Å². The molecule has 3 aromatic rings. The summed E-state index contributed by atoms with van der Waals surface area (Å²) >= 11 is 1.24. The number of carbonyl (C=O) groups is 1. The van der Waals surface area contributed by atoms with Crippen molar-refractivity contribution in [3.63, 3.8) is 0 Å². The van der Waals surface area contributed by atoms with Gasteiger partial charge >= 0.3 is 0 Å². The number of aromatic nitrogens is 1. The lowest BCUT2D eigenvalue weighted by Gasteiger charge is -2.26. The Morgan fingerprint density at radius 3 is 2.86 bits per heavy atom. The zero-order valence-electron chi connectivity index (χ0n) is 15.8. The van der Waals surface area contributed by atoms with Crippen LogP contribution in [0.25, 0.3) is 0 Å². The van der Waals surface area contributed by atoms with E-state index in [0.717, 1.165) is 24.2 Å². The summed E-state index contributed by atoms with van der Waals surface area (Å²) in [5.41, 5.74) is 2.32. The molecule has 2 heterocycles. The minimum atomic E-state index is -0.131. The molecule has 144 valence electrons. The molecule has 0 radical (unpaired) electrons. The molecular weight excluding hydrogens is 372 g/mol. The quantitative estimate of drug-likeness (QED) is 0.651. The third kappa shape index (κ3) is 4.17. The lowest BCUT2D eigenvalue weighted by molar-refractivity contribution is 0.0947. The summed E-state index contributed by atoms with van der Waals surface area (Å²) in [4.78, 5) is 16.8. The molecular formula is C22H22N2O3S. The summed E-state index contributed by atoms with van der Waals surface area (Å²) in [6, 6.07) is 16.2. The SMILES string of the molecule is CC(C)NC(=O)c1cnc(Oc2ccc3c(c2)CCC(c2ccccc2)O3)s1. The van der Waals surface area contributed by atoms with Crippen LogP contribution in [0.1, 0.15) is 47.2 Å². The van der Waals surface area contributed by atoms with Gasteiger partial charge in [-0.2, -0.15) is 0 Å². The van der Waals surface area contributed by atoms with E-state index in [9.17, 15) is 4.79 Å². The first-order valence-corrected chi connectivity index (χ1v) is 10.2. The van der Waals surface area contributed by atoms with E-state index in [-0.39, 0.29) is 18.1 Å². The monoisotopic (exact) mass is 394 g/mol.